The molecule has 118 valence electrons. The monoisotopic (exact) mass is 305 g/mol. The highest BCUT2D eigenvalue weighted by Gasteiger charge is 2.20. The molecule has 1 saturated heterocycles. The van der Waals surface area contributed by atoms with Gasteiger partial charge in [0.05, 0.1) is 0 Å². The maximum Gasteiger partial charge on any atom is 0.342 e. The average Bonchev–Trinajstić information content (AvgIpc) is 2.53. The van der Waals surface area contributed by atoms with E-state index in [-0.39, 0.29) is 23.8 Å². The van der Waals surface area contributed by atoms with E-state index < -0.39 is 11.9 Å². The molecule has 6 nitrogen and oxygen atoms in total. The van der Waals surface area contributed by atoms with Crippen LogP contribution >= 0.6 is 0 Å². The molecule has 0 radical (unpaired) electrons. The summed E-state index contributed by atoms with van der Waals surface area (Å²) in [5.74, 6) is -1.27. The predicted molar refractivity (Wildman–Crippen MR) is 78.5 cm³/mol. The summed E-state index contributed by atoms with van der Waals surface area (Å²) in [7, 11) is 0. The van der Waals surface area contributed by atoms with Crippen molar-refractivity contribution in [2.75, 3.05) is 19.7 Å². The van der Waals surface area contributed by atoms with Crippen molar-refractivity contribution in [1.82, 2.24) is 4.90 Å². The molecule has 0 unspecified atom stereocenters. The second-order valence-corrected chi connectivity index (χ2v) is 5.11. The van der Waals surface area contributed by atoms with E-state index in [9.17, 15) is 14.4 Å². The molecule has 0 saturated carbocycles. The molecule has 1 amide bonds. The van der Waals surface area contributed by atoms with Crippen LogP contribution in [0.4, 0.5) is 0 Å². The number of nitrogens with zero attached hydrogens (tertiary/aromatic N) is 1. The number of benzene rings is 1. The third-order valence-electron chi connectivity index (χ3n) is 3.40. The lowest BCUT2D eigenvalue weighted by atomic mass is 10.1. The number of esters is 2. The van der Waals surface area contributed by atoms with Crippen LogP contribution in [0.15, 0.2) is 24.3 Å². The topological polar surface area (TPSA) is 72.9 Å². The molecule has 1 aliphatic rings. The molecule has 1 aromatic carbocycles. The Morgan fingerprint density at radius 3 is 2.45 bits per heavy atom. The van der Waals surface area contributed by atoms with Crippen molar-refractivity contribution in [1.29, 1.82) is 0 Å². The number of amides is 1. The van der Waals surface area contributed by atoms with Crippen LogP contribution in [0.3, 0.4) is 0 Å². The highest BCUT2D eigenvalue weighted by Crippen LogP contribution is 2.19. The van der Waals surface area contributed by atoms with Gasteiger partial charge in [-0.2, -0.15) is 0 Å². The number of carbonyl (C=O) groups is 3. The minimum absolute atomic E-state index is 0.129. The molecular formula is C16H19NO5. The Kier molecular flexibility index (Phi) is 5.52. The summed E-state index contributed by atoms with van der Waals surface area (Å²) in [4.78, 5) is 36.7. The molecule has 1 aliphatic heterocycles. The second-order valence-electron chi connectivity index (χ2n) is 5.11. The van der Waals surface area contributed by atoms with E-state index in [4.69, 9.17) is 9.47 Å². The van der Waals surface area contributed by atoms with Crippen molar-refractivity contribution in [3.8, 4) is 5.75 Å². The summed E-state index contributed by atoms with van der Waals surface area (Å²) in [6, 6.07) is 6.28. The van der Waals surface area contributed by atoms with Gasteiger partial charge in [-0.15, -0.1) is 0 Å². The molecule has 6 heteroatoms. The van der Waals surface area contributed by atoms with Crippen LogP contribution in [-0.2, 0) is 14.3 Å². The van der Waals surface area contributed by atoms with Gasteiger partial charge in [0.15, 0.2) is 6.61 Å². The van der Waals surface area contributed by atoms with Crippen molar-refractivity contribution in [2.24, 2.45) is 0 Å². The first-order valence-electron chi connectivity index (χ1n) is 7.30. The van der Waals surface area contributed by atoms with E-state index in [0.29, 0.717) is 13.1 Å². The zero-order chi connectivity index (χ0) is 15.9. The van der Waals surface area contributed by atoms with E-state index in [1.165, 1.54) is 19.1 Å². The Morgan fingerprint density at radius 1 is 1.09 bits per heavy atom. The molecule has 22 heavy (non-hydrogen) atoms. The quantitative estimate of drug-likeness (QED) is 0.626. The average molecular weight is 305 g/mol. The number of hydrogen-bond acceptors (Lipinski definition) is 5. The first kappa shape index (κ1) is 16.0. The van der Waals surface area contributed by atoms with Crippen LogP contribution in [0.5, 0.6) is 5.75 Å². The highest BCUT2D eigenvalue weighted by atomic mass is 16.5. The lowest BCUT2D eigenvalue weighted by Crippen LogP contribution is -2.38. The fraction of sp³-hybridized carbons (Fsp3) is 0.438. The molecular weight excluding hydrogens is 286 g/mol. The van der Waals surface area contributed by atoms with E-state index in [1.54, 1.807) is 17.0 Å². The fourth-order valence-corrected chi connectivity index (χ4v) is 2.32. The van der Waals surface area contributed by atoms with Gasteiger partial charge in [0.2, 0.25) is 0 Å². The van der Waals surface area contributed by atoms with E-state index >= 15 is 0 Å². The van der Waals surface area contributed by atoms with E-state index in [2.05, 4.69) is 0 Å². The van der Waals surface area contributed by atoms with Crippen LogP contribution in [0, 0.1) is 0 Å². The highest BCUT2D eigenvalue weighted by molar-refractivity contribution is 5.94. The molecule has 2 rings (SSSR count). The van der Waals surface area contributed by atoms with Gasteiger partial charge >= 0.3 is 11.9 Å². The molecule has 1 heterocycles. The first-order chi connectivity index (χ1) is 10.6. The largest absolute Gasteiger partial charge is 0.452 e. The summed E-state index contributed by atoms with van der Waals surface area (Å²) in [6.45, 7) is 2.37. The molecule has 0 aromatic heterocycles. The lowest BCUT2D eigenvalue weighted by Gasteiger charge is -2.26. The number of rotatable bonds is 4. The van der Waals surface area contributed by atoms with Crippen molar-refractivity contribution in [2.45, 2.75) is 26.2 Å². The van der Waals surface area contributed by atoms with Gasteiger partial charge in [-0.3, -0.25) is 9.59 Å². The minimum atomic E-state index is -0.679. The maximum atomic E-state index is 12.0. The van der Waals surface area contributed by atoms with Gasteiger partial charge in [-0.1, -0.05) is 12.1 Å². The number of para-hydroxylation sites is 1. The normalized spacial score (nSPS) is 14.3. The number of hydrogen-bond donors (Lipinski definition) is 0. The Hall–Kier alpha value is -2.37. The van der Waals surface area contributed by atoms with Crippen molar-refractivity contribution in [3.05, 3.63) is 29.8 Å². The van der Waals surface area contributed by atoms with E-state index in [0.717, 1.165) is 19.3 Å². The Balaban J connectivity index is 1.94. The zero-order valence-electron chi connectivity index (χ0n) is 12.5. The molecule has 0 aliphatic carbocycles. The molecule has 0 bridgehead atoms. The van der Waals surface area contributed by atoms with Crippen LogP contribution in [0.25, 0.3) is 0 Å². The summed E-state index contributed by atoms with van der Waals surface area (Å²) in [5.41, 5.74) is 0.129. The van der Waals surface area contributed by atoms with Crippen LogP contribution in [0.2, 0.25) is 0 Å². The Labute approximate surface area is 129 Å². The molecule has 0 atom stereocenters. The number of likely N-dealkylation sites (tertiary alicyclic amines) is 1. The molecule has 0 N–H and O–H groups in total. The van der Waals surface area contributed by atoms with Gasteiger partial charge in [0.1, 0.15) is 11.3 Å². The van der Waals surface area contributed by atoms with Gasteiger partial charge in [0.25, 0.3) is 5.91 Å². The third kappa shape index (κ3) is 4.31. The minimum Gasteiger partial charge on any atom is -0.452 e. The Bertz CT molecular complexity index is 563. The lowest BCUT2D eigenvalue weighted by molar-refractivity contribution is -0.135. The smallest absolute Gasteiger partial charge is 0.342 e. The molecule has 0 spiro atoms. The summed E-state index contributed by atoms with van der Waals surface area (Å²) >= 11 is 0. The SMILES string of the molecule is CC(=O)Oc1ccccc1C(=O)OCC(=O)N1CCCCC1. The third-order valence-corrected chi connectivity index (χ3v) is 3.40. The predicted octanol–water partition coefficient (Wildman–Crippen LogP) is 1.78. The van der Waals surface area contributed by atoms with Crippen molar-refractivity contribution in [3.63, 3.8) is 0 Å². The molecule has 1 fully saturated rings. The second kappa shape index (κ2) is 7.59. The number of ether oxygens (including phenoxy) is 2. The maximum absolute atomic E-state index is 12.0. The van der Waals surface area contributed by atoms with Crippen molar-refractivity contribution >= 4 is 17.8 Å². The Morgan fingerprint density at radius 2 is 1.77 bits per heavy atom. The number of piperidine rings is 1. The summed E-state index contributed by atoms with van der Waals surface area (Å²) in [5, 5.41) is 0. The van der Waals surface area contributed by atoms with Gasteiger partial charge < -0.3 is 14.4 Å². The standard InChI is InChI=1S/C16H19NO5/c1-12(18)22-14-8-4-3-7-13(14)16(20)21-11-15(19)17-9-5-2-6-10-17/h3-4,7-8H,2,5-6,9-11H2,1H3. The zero-order valence-corrected chi connectivity index (χ0v) is 12.5. The van der Waals surface area contributed by atoms with E-state index in [1.807, 2.05) is 0 Å². The van der Waals surface area contributed by atoms with Crippen LogP contribution < -0.4 is 4.74 Å². The van der Waals surface area contributed by atoms with Gasteiger partial charge in [-0.05, 0) is 31.4 Å². The fourth-order valence-electron chi connectivity index (χ4n) is 2.32. The van der Waals surface area contributed by atoms with Crippen LogP contribution in [-0.4, -0.2) is 42.4 Å². The summed E-state index contributed by atoms with van der Waals surface area (Å²) < 4.78 is 10.00. The van der Waals surface area contributed by atoms with Gasteiger partial charge in [-0.25, -0.2) is 4.79 Å². The molecule has 1 aromatic rings. The summed E-state index contributed by atoms with van der Waals surface area (Å²) in [6.07, 6.45) is 3.09. The van der Waals surface area contributed by atoms with Gasteiger partial charge in [0, 0.05) is 20.0 Å². The van der Waals surface area contributed by atoms with Crippen LogP contribution in [0.1, 0.15) is 36.5 Å². The van der Waals surface area contributed by atoms with Crippen molar-refractivity contribution < 1.29 is 23.9 Å². The first-order valence-corrected chi connectivity index (χ1v) is 7.30. The number of carbonyl (C=O) groups excluding carboxylic acids is 3.